The van der Waals surface area contributed by atoms with Crippen molar-refractivity contribution < 1.29 is 5.11 Å². The van der Waals surface area contributed by atoms with Crippen molar-refractivity contribution in [3.05, 3.63) is 30.3 Å². The van der Waals surface area contributed by atoms with E-state index in [0.29, 0.717) is 5.41 Å². The standard InChI is InChI=1S/C17H25OSe/c1-16(2)13-9-10-17(16,15(18)11-13)12-19(3)14-7-5-4-6-8-14/h4-8,13,15,18H,9-12H2,1-3H3/q+1/t13-,15-,17-,19?/m1/s1. The molecular formula is C17H25OSe+. The van der Waals surface area contributed by atoms with Crippen LogP contribution in [0, 0.1) is 16.7 Å². The second kappa shape index (κ2) is 4.62. The van der Waals surface area contributed by atoms with Gasteiger partial charge in [-0.1, -0.05) is 0 Å². The van der Waals surface area contributed by atoms with Crippen LogP contribution < -0.4 is 4.46 Å². The second-order valence-corrected chi connectivity index (χ2v) is 11.2. The molecule has 1 unspecified atom stereocenters. The molecule has 1 aromatic carbocycles. The molecule has 0 radical (unpaired) electrons. The summed E-state index contributed by atoms with van der Waals surface area (Å²) in [4.78, 5) is 0. The molecule has 0 saturated heterocycles. The zero-order valence-electron chi connectivity index (χ0n) is 12.2. The zero-order chi connectivity index (χ0) is 13.7. The van der Waals surface area contributed by atoms with Crippen molar-refractivity contribution in [3.8, 4) is 0 Å². The first kappa shape index (κ1) is 13.7. The fourth-order valence-electron chi connectivity index (χ4n) is 4.50. The number of fused-ring (bicyclic) bond motifs is 2. The Kier molecular flexibility index (Phi) is 3.32. The van der Waals surface area contributed by atoms with Gasteiger partial charge in [0.15, 0.2) is 0 Å². The molecule has 3 rings (SSSR count). The number of aliphatic hydroxyl groups excluding tert-OH is 1. The first-order valence-electron chi connectivity index (χ1n) is 7.33. The van der Waals surface area contributed by atoms with Crippen molar-refractivity contribution in [2.45, 2.75) is 50.4 Å². The van der Waals surface area contributed by atoms with Gasteiger partial charge in [-0.15, -0.1) is 0 Å². The van der Waals surface area contributed by atoms with Gasteiger partial charge in [0.2, 0.25) is 0 Å². The van der Waals surface area contributed by atoms with E-state index >= 15 is 0 Å². The quantitative estimate of drug-likeness (QED) is 0.847. The molecule has 1 nitrogen and oxygen atoms in total. The molecule has 104 valence electrons. The van der Waals surface area contributed by atoms with Crippen LogP contribution >= 0.6 is 0 Å². The topological polar surface area (TPSA) is 20.2 Å². The Hall–Kier alpha value is -0.301. The zero-order valence-corrected chi connectivity index (χ0v) is 13.9. The molecule has 1 N–H and O–H groups in total. The van der Waals surface area contributed by atoms with Crippen molar-refractivity contribution in [1.82, 2.24) is 0 Å². The van der Waals surface area contributed by atoms with E-state index < -0.39 is 13.9 Å². The van der Waals surface area contributed by atoms with E-state index in [1.54, 1.807) is 0 Å². The molecule has 0 aliphatic heterocycles. The molecule has 2 heteroatoms. The molecule has 2 aliphatic rings. The number of hydrogen-bond acceptors (Lipinski definition) is 1. The van der Waals surface area contributed by atoms with Crippen LogP contribution in [0.1, 0.15) is 33.1 Å². The maximum absolute atomic E-state index is 10.6. The summed E-state index contributed by atoms with van der Waals surface area (Å²) in [6.07, 6.45) is 3.56. The average Bonchev–Trinajstić information content (AvgIpc) is 2.74. The Morgan fingerprint density at radius 3 is 2.47 bits per heavy atom. The Morgan fingerprint density at radius 1 is 1.26 bits per heavy atom. The van der Waals surface area contributed by atoms with Crippen LogP contribution in [0.15, 0.2) is 30.3 Å². The number of rotatable bonds is 3. The fourth-order valence-corrected chi connectivity index (χ4v) is 9.26. The van der Waals surface area contributed by atoms with Crippen molar-refractivity contribution in [1.29, 1.82) is 0 Å². The molecule has 2 saturated carbocycles. The van der Waals surface area contributed by atoms with Gasteiger partial charge in [0.25, 0.3) is 0 Å². The van der Waals surface area contributed by atoms with Gasteiger partial charge in [0.1, 0.15) is 0 Å². The number of hydrogen-bond donors (Lipinski definition) is 1. The first-order valence-corrected chi connectivity index (χ1v) is 11.1. The van der Waals surface area contributed by atoms with Crippen LogP contribution in [0.25, 0.3) is 0 Å². The summed E-state index contributed by atoms with van der Waals surface area (Å²) in [7, 11) is 0. The van der Waals surface area contributed by atoms with Gasteiger partial charge in [-0.3, -0.25) is 0 Å². The average molecular weight is 324 g/mol. The van der Waals surface area contributed by atoms with Crippen LogP contribution in [-0.4, -0.2) is 25.1 Å². The van der Waals surface area contributed by atoms with Gasteiger partial charge in [0.05, 0.1) is 0 Å². The third-order valence-electron chi connectivity index (χ3n) is 6.01. The van der Waals surface area contributed by atoms with E-state index in [0.717, 1.165) is 12.3 Å². The summed E-state index contributed by atoms with van der Waals surface area (Å²) in [5.74, 6) is 3.19. The Morgan fingerprint density at radius 2 is 1.95 bits per heavy atom. The van der Waals surface area contributed by atoms with Crippen LogP contribution in [0.5, 0.6) is 0 Å². The summed E-state index contributed by atoms with van der Waals surface area (Å²) in [6, 6.07) is 11.0. The van der Waals surface area contributed by atoms with E-state index in [9.17, 15) is 5.11 Å². The molecule has 0 aromatic heterocycles. The van der Waals surface area contributed by atoms with Crippen LogP contribution in [0.4, 0.5) is 0 Å². The normalized spacial score (nSPS) is 37.5. The van der Waals surface area contributed by atoms with E-state index in [1.807, 2.05) is 0 Å². The Labute approximate surface area is 121 Å². The molecule has 0 spiro atoms. The van der Waals surface area contributed by atoms with Crippen molar-refractivity contribution >= 4 is 18.4 Å². The minimum atomic E-state index is -0.804. The Balaban J connectivity index is 1.86. The van der Waals surface area contributed by atoms with E-state index in [1.165, 1.54) is 22.6 Å². The van der Waals surface area contributed by atoms with E-state index in [4.69, 9.17) is 0 Å². The summed E-state index contributed by atoms with van der Waals surface area (Å²) >= 11 is -0.804. The van der Waals surface area contributed by atoms with Crippen molar-refractivity contribution in [2.75, 3.05) is 0 Å². The molecule has 0 heterocycles. The van der Waals surface area contributed by atoms with Crippen LogP contribution in [0.3, 0.4) is 0 Å². The molecule has 2 bridgehead atoms. The molecule has 2 aliphatic carbocycles. The summed E-state index contributed by atoms with van der Waals surface area (Å²) < 4.78 is 1.54. The molecule has 1 aromatic rings. The van der Waals surface area contributed by atoms with Gasteiger partial charge in [-0.05, 0) is 0 Å². The SMILES string of the molecule is C[Se+](C[C@]12CC[C@H](C[C@H]1O)C2(C)C)c1ccccc1. The first-order chi connectivity index (χ1) is 8.97. The summed E-state index contributed by atoms with van der Waals surface area (Å²) in [6.45, 7) is 4.82. The van der Waals surface area contributed by atoms with Crippen LogP contribution in [-0.2, 0) is 0 Å². The van der Waals surface area contributed by atoms with Gasteiger partial charge in [0, 0.05) is 0 Å². The molecular weight excluding hydrogens is 299 g/mol. The van der Waals surface area contributed by atoms with Gasteiger partial charge < -0.3 is 0 Å². The monoisotopic (exact) mass is 325 g/mol. The number of aliphatic hydroxyl groups is 1. The molecule has 19 heavy (non-hydrogen) atoms. The summed E-state index contributed by atoms with van der Waals surface area (Å²) in [5.41, 5.74) is 0.534. The molecule has 0 amide bonds. The molecule has 4 atom stereocenters. The van der Waals surface area contributed by atoms with Crippen LogP contribution in [0.2, 0.25) is 11.1 Å². The minimum absolute atomic E-state index is 0.0591. The van der Waals surface area contributed by atoms with Gasteiger partial charge in [-0.2, -0.15) is 0 Å². The number of benzene rings is 1. The third-order valence-corrected chi connectivity index (χ3v) is 10.3. The van der Waals surface area contributed by atoms with Crippen molar-refractivity contribution in [3.63, 3.8) is 0 Å². The van der Waals surface area contributed by atoms with Gasteiger partial charge >= 0.3 is 121 Å². The van der Waals surface area contributed by atoms with Gasteiger partial charge in [-0.25, -0.2) is 0 Å². The van der Waals surface area contributed by atoms with E-state index in [-0.39, 0.29) is 11.5 Å². The maximum atomic E-state index is 10.6. The summed E-state index contributed by atoms with van der Waals surface area (Å²) in [5, 5.41) is 11.9. The Bertz CT molecular complexity index is 456. The van der Waals surface area contributed by atoms with Crippen molar-refractivity contribution in [2.24, 2.45) is 16.7 Å². The third kappa shape index (κ3) is 1.92. The predicted molar refractivity (Wildman–Crippen MR) is 82.1 cm³/mol. The van der Waals surface area contributed by atoms with E-state index in [2.05, 4.69) is 50.0 Å². The second-order valence-electron chi connectivity index (χ2n) is 6.96. The molecule has 2 fully saturated rings. The fraction of sp³-hybridized carbons (Fsp3) is 0.647. The predicted octanol–water partition coefficient (Wildman–Crippen LogP) is 3.21.